The summed E-state index contributed by atoms with van der Waals surface area (Å²) in [6, 6.07) is 7.04. The molecule has 9 heteroatoms. The first-order valence-corrected chi connectivity index (χ1v) is 9.92. The molecule has 1 amide bonds. The molecule has 5 rings (SSSR count). The monoisotopic (exact) mass is 422 g/mol. The number of hydrogen-bond acceptors (Lipinski definition) is 6. The lowest BCUT2D eigenvalue weighted by Gasteiger charge is -2.25. The highest BCUT2D eigenvalue weighted by Crippen LogP contribution is 2.37. The number of nitrogens with zero attached hydrogens (tertiary/aromatic N) is 5. The van der Waals surface area contributed by atoms with Crippen LogP contribution in [0.5, 0.6) is 0 Å². The highest BCUT2D eigenvalue weighted by Gasteiger charge is 2.38. The quantitative estimate of drug-likeness (QED) is 0.824. The van der Waals surface area contributed by atoms with Crippen molar-refractivity contribution in [2.75, 3.05) is 18.5 Å². The fourth-order valence-corrected chi connectivity index (χ4v) is 4.46. The Morgan fingerprint density at radius 1 is 1.16 bits per heavy atom. The number of aliphatic imine (C=N–C) groups is 2. The number of nitrogens with two attached hydrogens (primary N) is 1. The fourth-order valence-electron chi connectivity index (χ4n) is 4.46. The van der Waals surface area contributed by atoms with E-state index in [0.29, 0.717) is 23.8 Å². The van der Waals surface area contributed by atoms with Gasteiger partial charge in [0.25, 0.3) is 0 Å². The van der Waals surface area contributed by atoms with E-state index in [9.17, 15) is 13.6 Å². The van der Waals surface area contributed by atoms with Crippen molar-refractivity contribution < 1.29 is 13.6 Å². The molecule has 1 saturated heterocycles. The van der Waals surface area contributed by atoms with Gasteiger partial charge in [-0.1, -0.05) is 0 Å². The number of fused-ring (bicyclic) bond motifs is 1. The SMILES string of the molecule is CN1C=C(c2ccc(N3CC(c4cc(F)cc(F)c4)CC3=O)nc2)C2C(N)=NC=NC21. The van der Waals surface area contributed by atoms with Gasteiger partial charge in [-0.3, -0.25) is 9.69 Å². The summed E-state index contributed by atoms with van der Waals surface area (Å²) in [5.41, 5.74) is 8.42. The van der Waals surface area contributed by atoms with Crippen LogP contribution in [0.25, 0.3) is 5.57 Å². The van der Waals surface area contributed by atoms with Crippen LogP contribution in [0, 0.1) is 17.6 Å². The van der Waals surface area contributed by atoms with Gasteiger partial charge in [0.1, 0.15) is 35.8 Å². The molecule has 1 fully saturated rings. The van der Waals surface area contributed by atoms with Gasteiger partial charge < -0.3 is 10.6 Å². The molecule has 3 aliphatic rings. The molecule has 4 heterocycles. The molecule has 1 aromatic carbocycles. The van der Waals surface area contributed by atoms with Crippen LogP contribution in [0.3, 0.4) is 0 Å². The Labute approximate surface area is 177 Å². The van der Waals surface area contributed by atoms with Crippen LogP contribution in [-0.2, 0) is 4.79 Å². The average molecular weight is 422 g/mol. The second-order valence-electron chi connectivity index (χ2n) is 7.97. The van der Waals surface area contributed by atoms with Crippen LogP contribution in [0.1, 0.15) is 23.5 Å². The lowest BCUT2D eigenvalue weighted by Crippen LogP contribution is -2.38. The van der Waals surface area contributed by atoms with Crippen LogP contribution >= 0.6 is 0 Å². The number of amidine groups is 1. The average Bonchev–Trinajstić information content (AvgIpc) is 3.29. The van der Waals surface area contributed by atoms with Crippen molar-refractivity contribution >= 4 is 29.5 Å². The Balaban J connectivity index is 1.37. The van der Waals surface area contributed by atoms with E-state index in [4.69, 9.17) is 5.73 Å². The summed E-state index contributed by atoms with van der Waals surface area (Å²) >= 11 is 0. The van der Waals surface area contributed by atoms with E-state index in [1.807, 2.05) is 24.2 Å². The summed E-state index contributed by atoms with van der Waals surface area (Å²) in [6.45, 7) is 0.318. The molecule has 3 atom stereocenters. The highest BCUT2D eigenvalue weighted by molar-refractivity contribution is 6.01. The van der Waals surface area contributed by atoms with E-state index in [2.05, 4.69) is 15.0 Å². The molecule has 31 heavy (non-hydrogen) atoms. The number of anilines is 1. The molecule has 3 aliphatic heterocycles. The maximum Gasteiger partial charge on any atom is 0.228 e. The Bertz CT molecular complexity index is 1120. The van der Waals surface area contributed by atoms with Crippen molar-refractivity contribution in [3.05, 3.63) is 65.5 Å². The van der Waals surface area contributed by atoms with Gasteiger partial charge in [-0.15, -0.1) is 0 Å². The zero-order valence-electron chi connectivity index (χ0n) is 16.7. The first-order chi connectivity index (χ1) is 14.9. The smallest absolute Gasteiger partial charge is 0.228 e. The summed E-state index contributed by atoms with van der Waals surface area (Å²) in [7, 11) is 1.93. The van der Waals surface area contributed by atoms with Crippen LogP contribution in [0.4, 0.5) is 14.6 Å². The fraction of sp³-hybridized carbons (Fsp3) is 0.273. The van der Waals surface area contributed by atoms with E-state index >= 15 is 0 Å². The lowest BCUT2D eigenvalue weighted by molar-refractivity contribution is -0.117. The molecule has 2 aromatic rings. The van der Waals surface area contributed by atoms with Crippen molar-refractivity contribution in [3.8, 4) is 0 Å². The number of halogens is 2. The maximum absolute atomic E-state index is 13.6. The Morgan fingerprint density at radius 3 is 2.65 bits per heavy atom. The van der Waals surface area contributed by atoms with Gasteiger partial charge in [0.15, 0.2) is 0 Å². The number of hydrogen-bond donors (Lipinski definition) is 1. The number of carbonyl (C=O) groups is 1. The van der Waals surface area contributed by atoms with E-state index in [1.165, 1.54) is 18.5 Å². The highest BCUT2D eigenvalue weighted by atomic mass is 19.1. The zero-order valence-corrected chi connectivity index (χ0v) is 16.7. The predicted molar refractivity (Wildman–Crippen MR) is 113 cm³/mol. The van der Waals surface area contributed by atoms with E-state index < -0.39 is 11.6 Å². The number of aromatic nitrogens is 1. The Morgan fingerprint density at radius 2 is 1.94 bits per heavy atom. The minimum absolute atomic E-state index is 0.125. The molecular formula is C22H20F2N6O. The minimum Gasteiger partial charge on any atom is -0.386 e. The molecule has 3 unspecified atom stereocenters. The van der Waals surface area contributed by atoms with Gasteiger partial charge in [-0.25, -0.2) is 23.7 Å². The first kappa shape index (κ1) is 19.3. The standard InChI is InChI=1S/C22H20F2N6O/c1-29-10-17(20-21(25)27-11-28-22(20)29)12-2-3-18(26-8-12)30-9-14(6-19(30)31)13-4-15(23)7-16(24)5-13/h2-5,7-8,10-11,14,20,22H,6,9H2,1H3,(H2,25,27,28). The Hall–Kier alpha value is -3.62. The van der Waals surface area contributed by atoms with Crippen molar-refractivity contribution in [1.82, 2.24) is 9.88 Å². The zero-order chi connectivity index (χ0) is 21.7. The van der Waals surface area contributed by atoms with E-state index in [0.717, 1.165) is 17.2 Å². The van der Waals surface area contributed by atoms with Gasteiger partial charge in [-0.2, -0.15) is 0 Å². The molecule has 0 radical (unpaired) electrons. The summed E-state index contributed by atoms with van der Waals surface area (Å²) in [5, 5.41) is 0. The summed E-state index contributed by atoms with van der Waals surface area (Å²) in [6.07, 6.45) is 5.21. The Kier molecular flexibility index (Phi) is 4.53. The lowest BCUT2D eigenvalue weighted by atomic mass is 9.93. The number of benzene rings is 1. The predicted octanol–water partition coefficient (Wildman–Crippen LogP) is 2.51. The molecule has 0 spiro atoms. The largest absolute Gasteiger partial charge is 0.386 e. The molecule has 0 saturated carbocycles. The van der Waals surface area contributed by atoms with Gasteiger partial charge >= 0.3 is 0 Å². The summed E-state index contributed by atoms with van der Waals surface area (Å²) in [4.78, 5) is 29.1. The van der Waals surface area contributed by atoms with Gasteiger partial charge in [0.05, 0.1) is 5.92 Å². The van der Waals surface area contributed by atoms with E-state index in [1.54, 1.807) is 17.2 Å². The number of rotatable bonds is 3. The van der Waals surface area contributed by atoms with Gasteiger partial charge in [-0.05, 0) is 41.0 Å². The van der Waals surface area contributed by atoms with Crippen LogP contribution in [0.15, 0.2) is 52.7 Å². The maximum atomic E-state index is 13.6. The molecule has 158 valence electrons. The van der Waals surface area contributed by atoms with Crippen molar-refractivity contribution in [3.63, 3.8) is 0 Å². The third-order valence-corrected chi connectivity index (χ3v) is 5.98. The summed E-state index contributed by atoms with van der Waals surface area (Å²) in [5.74, 6) is -0.865. The first-order valence-electron chi connectivity index (χ1n) is 9.92. The molecule has 0 bridgehead atoms. The molecule has 0 aliphatic carbocycles. The topological polar surface area (TPSA) is 87.2 Å². The molecule has 1 aromatic heterocycles. The van der Waals surface area contributed by atoms with Crippen molar-refractivity contribution in [2.45, 2.75) is 18.5 Å². The number of pyridine rings is 1. The molecule has 7 nitrogen and oxygen atoms in total. The van der Waals surface area contributed by atoms with Crippen LogP contribution in [-0.4, -0.2) is 47.7 Å². The van der Waals surface area contributed by atoms with Gasteiger partial charge in [0, 0.05) is 44.4 Å². The second-order valence-corrected chi connectivity index (χ2v) is 7.97. The van der Waals surface area contributed by atoms with Crippen molar-refractivity contribution in [2.24, 2.45) is 21.6 Å². The van der Waals surface area contributed by atoms with Crippen molar-refractivity contribution in [1.29, 1.82) is 0 Å². The summed E-state index contributed by atoms with van der Waals surface area (Å²) < 4.78 is 27.2. The number of carbonyl (C=O) groups excluding carboxylic acids is 1. The van der Waals surface area contributed by atoms with Gasteiger partial charge in [0.2, 0.25) is 5.91 Å². The molecular weight excluding hydrogens is 402 g/mol. The third kappa shape index (κ3) is 3.35. The normalized spacial score (nSPS) is 25.0. The number of amides is 1. The van der Waals surface area contributed by atoms with Crippen LogP contribution < -0.4 is 10.6 Å². The van der Waals surface area contributed by atoms with E-state index in [-0.39, 0.29) is 30.3 Å². The van der Waals surface area contributed by atoms with Crippen LogP contribution in [0.2, 0.25) is 0 Å². The molecule has 2 N–H and O–H groups in total. The third-order valence-electron chi connectivity index (χ3n) is 5.98. The second kappa shape index (κ2) is 7.26. The minimum atomic E-state index is -0.647.